The number of allylic oxidation sites excluding steroid dienone is 1. The molecule has 0 aliphatic heterocycles. The molecule has 0 aromatic rings. The first-order valence-corrected chi connectivity index (χ1v) is 4.47. The molecule has 1 saturated carbocycles. The van der Waals surface area contributed by atoms with Gasteiger partial charge in [0.15, 0.2) is 0 Å². The van der Waals surface area contributed by atoms with Crippen LogP contribution in [-0.2, 0) is 32.7 Å². The van der Waals surface area contributed by atoms with E-state index >= 15 is 0 Å². The predicted octanol–water partition coefficient (Wildman–Crippen LogP) is 3.45. The summed E-state index contributed by atoms with van der Waals surface area (Å²) in [6, 6.07) is 0. The summed E-state index contributed by atoms with van der Waals surface area (Å²) in [5.41, 5.74) is 1.71. The summed E-state index contributed by atoms with van der Waals surface area (Å²) in [7, 11) is 0. The Kier molecular flexibility index (Phi) is 4.54. The smallest absolute Gasteiger partial charge is 0 e. The van der Waals surface area contributed by atoms with Crippen LogP contribution < -0.4 is 0 Å². The fraction of sp³-hybridized carbons (Fsp3) is 0.727. The monoisotopic (exact) mass is 240 g/mol. The molecule has 0 aromatic heterocycles. The van der Waals surface area contributed by atoms with E-state index < -0.39 is 0 Å². The molecule has 1 radical (unpaired) electrons. The van der Waals surface area contributed by atoms with E-state index in [-0.39, 0.29) is 32.7 Å². The summed E-state index contributed by atoms with van der Waals surface area (Å²) in [5.74, 6) is 1.48. The van der Waals surface area contributed by atoms with Gasteiger partial charge in [0.05, 0.1) is 0 Å². The van der Waals surface area contributed by atoms with Crippen molar-refractivity contribution in [2.75, 3.05) is 0 Å². The predicted molar refractivity (Wildman–Crippen MR) is 50.2 cm³/mol. The Hall–Kier alpha value is 0.714. The minimum atomic E-state index is 0. The van der Waals surface area contributed by atoms with Crippen molar-refractivity contribution in [2.45, 2.75) is 34.1 Å². The minimum Gasteiger partial charge on any atom is -0.242 e. The minimum absolute atomic E-state index is 0. The van der Waals surface area contributed by atoms with Gasteiger partial charge < -0.3 is 0 Å². The van der Waals surface area contributed by atoms with E-state index in [1.165, 1.54) is 12.0 Å². The molecule has 0 amide bonds. The van der Waals surface area contributed by atoms with E-state index in [2.05, 4.69) is 40.7 Å². The zero-order valence-electron chi connectivity index (χ0n) is 8.72. The number of rotatable bonds is 0. The summed E-state index contributed by atoms with van der Waals surface area (Å²) < 4.78 is 0. The first kappa shape index (κ1) is 12.7. The maximum atomic E-state index is 4.09. The summed E-state index contributed by atoms with van der Waals surface area (Å²) in [6.45, 7) is 13.3. The van der Waals surface area contributed by atoms with Crippen molar-refractivity contribution in [1.82, 2.24) is 0 Å². The van der Waals surface area contributed by atoms with Crippen molar-refractivity contribution in [3.63, 3.8) is 0 Å². The van der Waals surface area contributed by atoms with Gasteiger partial charge in [-0.2, -0.15) is 0 Å². The number of hydrogen-bond donors (Lipinski definition) is 0. The molecule has 0 nitrogen and oxygen atoms in total. The van der Waals surface area contributed by atoms with Crippen molar-refractivity contribution in [3.8, 4) is 0 Å². The first-order valence-electron chi connectivity index (χ1n) is 4.47. The van der Waals surface area contributed by atoms with Crippen molar-refractivity contribution in [2.24, 2.45) is 17.3 Å². The SMILES string of the molecule is C=C1[CH-]C(C)(C)CC(C)C1C.[Y]. The maximum absolute atomic E-state index is 4.09. The summed E-state index contributed by atoms with van der Waals surface area (Å²) in [4.78, 5) is 0. The third-order valence-corrected chi connectivity index (χ3v) is 2.86. The van der Waals surface area contributed by atoms with E-state index in [9.17, 15) is 0 Å². The molecule has 2 unspecified atom stereocenters. The molecule has 0 N–H and O–H groups in total. The molecular formula is C11H19Y-. The molecule has 0 bridgehead atoms. The molecule has 2 atom stereocenters. The van der Waals surface area contributed by atoms with E-state index in [1.807, 2.05) is 0 Å². The van der Waals surface area contributed by atoms with Gasteiger partial charge in [-0.25, -0.2) is 18.6 Å². The van der Waals surface area contributed by atoms with Gasteiger partial charge >= 0.3 is 0 Å². The third-order valence-electron chi connectivity index (χ3n) is 2.86. The molecule has 1 heteroatoms. The normalized spacial score (nSPS) is 33.5. The third kappa shape index (κ3) is 2.89. The molecular weight excluding hydrogens is 221 g/mol. The van der Waals surface area contributed by atoms with Gasteiger partial charge in [0.2, 0.25) is 0 Å². The van der Waals surface area contributed by atoms with Crippen LogP contribution in [0.2, 0.25) is 0 Å². The molecule has 0 saturated heterocycles. The van der Waals surface area contributed by atoms with Gasteiger partial charge in [-0.1, -0.05) is 39.5 Å². The van der Waals surface area contributed by atoms with Crippen LogP contribution in [0.15, 0.2) is 12.2 Å². The first-order chi connectivity index (χ1) is 4.92. The Labute approximate surface area is 102 Å². The van der Waals surface area contributed by atoms with Gasteiger partial charge in [-0.05, 0) is 11.8 Å². The summed E-state index contributed by atoms with van der Waals surface area (Å²) in [6.07, 6.45) is 3.63. The molecule has 1 aliphatic carbocycles. The quantitative estimate of drug-likeness (QED) is 0.569. The number of hydrogen-bond acceptors (Lipinski definition) is 0. The molecule has 1 aliphatic rings. The fourth-order valence-corrected chi connectivity index (χ4v) is 2.06. The molecule has 1 fully saturated rings. The molecule has 1 rings (SSSR count). The van der Waals surface area contributed by atoms with Crippen LogP contribution in [-0.4, -0.2) is 0 Å². The van der Waals surface area contributed by atoms with Gasteiger partial charge in [0.25, 0.3) is 0 Å². The topological polar surface area (TPSA) is 0 Å². The molecule has 67 valence electrons. The van der Waals surface area contributed by atoms with Crippen LogP contribution in [0.25, 0.3) is 0 Å². The molecule has 0 heterocycles. The Balaban J connectivity index is 0.00000121. The largest absolute Gasteiger partial charge is 0.242 e. The van der Waals surface area contributed by atoms with Crippen LogP contribution >= 0.6 is 0 Å². The van der Waals surface area contributed by atoms with Crippen molar-refractivity contribution >= 4 is 0 Å². The second-order valence-corrected chi connectivity index (χ2v) is 4.68. The Morgan fingerprint density at radius 3 is 2.33 bits per heavy atom. The molecule has 0 aromatic carbocycles. The van der Waals surface area contributed by atoms with Crippen LogP contribution in [0, 0.1) is 23.7 Å². The van der Waals surface area contributed by atoms with E-state index in [4.69, 9.17) is 0 Å². The fourth-order valence-electron chi connectivity index (χ4n) is 2.06. The van der Waals surface area contributed by atoms with Crippen LogP contribution in [0.3, 0.4) is 0 Å². The average molecular weight is 240 g/mol. The standard InChI is InChI=1S/C11H19.Y/c1-8-6-11(4,5)7-9(2)10(8)3;/h6,9-10H,1,7H2,2-5H3;/q-1;. The van der Waals surface area contributed by atoms with E-state index in [0.717, 1.165) is 5.92 Å². The van der Waals surface area contributed by atoms with Crippen LogP contribution in [0.4, 0.5) is 0 Å². The maximum Gasteiger partial charge on any atom is 0 e. The summed E-state index contributed by atoms with van der Waals surface area (Å²) >= 11 is 0. The van der Waals surface area contributed by atoms with Crippen LogP contribution in [0.1, 0.15) is 34.1 Å². The molecule has 12 heavy (non-hydrogen) atoms. The van der Waals surface area contributed by atoms with E-state index in [0.29, 0.717) is 11.3 Å². The average Bonchev–Trinajstić information content (AvgIpc) is 1.81. The second kappa shape index (κ2) is 4.29. The van der Waals surface area contributed by atoms with Crippen molar-refractivity contribution in [3.05, 3.63) is 18.6 Å². The Bertz CT molecular complexity index is 170. The van der Waals surface area contributed by atoms with Crippen LogP contribution in [0.5, 0.6) is 0 Å². The van der Waals surface area contributed by atoms with Gasteiger partial charge in [-0.3, -0.25) is 0 Å². The molecule has 0 spiro atoms. The van der Waals surface area contributed by atoms with Crippen molar-refractivity contribution < 1.29 is 32.7 Å². The Morgan fingerprint density at radius 1 is 1.42 bits per heavy atom. The zero-order valence-corrected chi connectivity index (χ0v) is 11.6. The Morgan fingerprint density at radius 2 is 1.92 bits per heavy atom. The summed E-state index contributed by atoms with van der Waals surface area (Å²) in [5, 5.41) is 0. The van der Waals surface area contributed by atoms with Crippen molar-refractivity contribution in [1.29, 1.82) is 0 Å². The van der Waals surface area contributed by atoms with E-state index in [1.54, 1.807) is 0 Å². The zero-order chi connectivity index (χ0) is 8.65. The van der Waals surface area contributed by atoms with Gasteiger partial charge in [0.1, 0.15) is 0 Å². The van der Waals surface area contributed by atoms with Gasteiger partial charge in [-0.15, -0.1) is 0 Å². The second-order valence-electron chi connectivity index (χ2n) is 4.68. The van der Waals surface area contributed by atoms with Gasteiger partial charge in [0, 0.05) is 32.7 Å².